The van der Waals surface area contributed by atoms with E-state index < -0.39 is 17.0 Å². The Morgan fingerprint density at radius 1 is 1.18 bits per heavy atom. The van der Waals surface area contributed by atoms with Crippen LogP contribution in [0.3, 0.4) is 0 Å². The van der Waals surface area contributed by atoms with Gasteiger partial charge in [-0.3, -0.25) is 4.79 Å². The third-order valence-electron chi connectivity index (χ3n) is 2.88. The Hall–Kier alpha value is -2.34. The number of carboxylic acid groups (broad SMARTS) is 1. The minimum Gasteiger partial charge on any atom is -0.478 e. The highest BCUT2D eigenvalue weighted by molar-refractivity contribution is 8.00. The van der Waals surface area contributed by atoms with Gasteiger partial charge in [0, 0.05) is 10.6 Å². The molecule has 6 heteroatoms. The van der Waals surface area contributed by atoms with E-state index in [1.807, 2.05) is 0 Å². The highest BCUT2D eigenvalue weighted by Crippen LogP contribution is 2.27. The van der Waals surface area contributed by atoms with Crippen molar-refractivity contribution in [3.63, 3.8) is 0 Å². The van der Waals surface area contributed by atoms with E-state index in [1.165, 1.54) is 24.3 Å². The number of amides is 1. The lowest BCUT2D eigenvalue weighted by atomic mass is 10.2. The SMILES string of the molecule is CC(Sc1ccccc1C(=O)O)C(=O)Nc1cccc(F)c1. The van der Waals surface area contributed by atoms with Crippen LogP contribution in [-0.4, -0.2) is 22.2 Å². The number of aromatic carboxylic acids is 1. The van der Waals surface area contributed by atoms with Crippen molar-refractivity contribution in [3.05, 3.63) is 59.9 Å². The molecule has 114 valence electrons. The standard InChI is InChI=1S/C16H14FNO3S/c1-10(15(19)18-12-6-4-5-11(17)9-12)22-14-8-3-2-7-13(14)16(20)21/h2-10H,1H3,(H,18,19)(H,20,21). The molecule has 0 aliphatic heterocycles. The second kappa shape index (κ2) is 7.09. The Labute approximate surface area is 131 Å². The van der Waals surface area contributed by atoms with Crippen LogP contribution in [0.4, 0.5) is 10.1 Å². The Morgan fingerprint density at radius 3 is 2.59 bits per heavy atom. The Balaban J connectivity index is 2.07. The van der Waals surface area contributed by atoms with Crippen molar-refractivity contribution in [2.24, 2.45) is 0 Å². The predicted octanol–water partition coefficient (Wildman–Crippen LogP) is 3.64. The lowest BCUT2D eigenvalue weighted by molar-refractivity contribution is -0.115. The summed E-state index contributed by atoms with van der Waals surface area (Å²) in [5.41, 5.74) is 0.516. The molecule has 22 heavy (non-hydrogen) atoms. The first-order valence-corrected chi connectivity index (χ1v) is 7.41. The average Bonchev–Trinajstić information content (AvgIpc) is 2.47. The van der Waals surface area contributed by atoms with Crippen LogP contribution in [-0.2, 0) is 4.79 Å². The van der Waals surface area contributed by atoms with Gasteiger partial charge in [0.05, 0.1) is 10.8 Å². The highest BCUT2D eigenvalue weighted by Gasteiger charge is 2.18. The normalized spacial score (nSPS) is 11.7. The van der Waals surface area contributed by atoms with Crippen LogP contribution in [0.1, 0.15) is 17.3 Å². The molecule has 0 aromatic heterocycles. The summed E-state index contributed by atoms with van der Waals surface area (Å²) in [6.45, 7) is 1.66. The lowest BCUT2D eigenvalue weighted by Gasteiger charge is -2.13. The van der Waals surface area contributed by atoms with E-state index in [0.29, 0.717) is 10.6 Å². The summed E-state index contributed by atoms with van der Waals surface area (Å²) in [5, 5.41) is 11.2. The molecule has 0 spiro atoms. The minimum absolute atomic E-state index is 0.151. The predicted molar refractivity (Wildman–Crippen MR) is 83.8 cm³/mol. The van der Waals surface area contributed by atoms with E-state index in [-0.39, 0.29) is 11.5 Å². The van der Waals surface area contributed by atoms with Gasteiger partial charge in [0.25, 0.3) is 0 Å². The van der Waals surface area contributed by atoms with Crippen molar-refractivity contribution in [1.29, 1.82) is 0 Å². The number of carboxylic acids is 1. The monoisotopic (exact) mass is 319 g/mol. The number of hydrogen-bond donors (Lipinski definition) is 2. The molecule has 2 N–H and O–H groups in total. The molecule has 0 saturated carbocycles. The number of anilines is 1. The molecule has 1 atom stereocenters. The number of halogens is 1. The maximum absolute atomic E-state index is 13.1. The third kappa shape index (κ3) is 4.08. The van der Waals surface area contributed by atoms with Gasteiger partial charge in [-0.2, -0.15) is 0 Å². The van der Waals surface area contributed by atoms with E-state index in [4.69, 9.17) is 5.11 Å². The number of carbonyl (C=O) groups is 2. The van der Waals surface area contributed by atoms with Gasteiger partial charge in [-0.05, 0) is 37.3 Å². The van der Waals surface area contributed by atoms with Crippen molar-refractivity contribution < 1.29 is 19.1 Å². The molecule has 4 nitrogen and oxygen atoms in total. The van der Waals surface area contributed by atoms with Gasteiger partial charge in [0.1, 0.15) is 5.82 Å². The molecule has 2 rings (SSSR count). The quantitative estimate of drug-likeness (QED) is 0.826. The zero-order valence-electron chi connectivity index (χ0n) is 11.7. The zero-order chi connectivity index (χ0) is 16.1. The van der Waals surface area contributed by atoms with E-state index in [9.17, 15) is 14.0 Å². The van der Waals surface area contributed by atoms with E-state index in [1.54, 1.807) is 31.2 Å². The van der Waals surface area contributed by atoms with Crippen molar-refractivity contribution in [1.82, 2.24) is 0 Å². The van der Waals surface area contributed by atoms with E-state index in [2.05, 4.69) is 5.32 Å². The lowest BCUT2D eigenvalue weighted by Crippen LogP contribution is -2.22. The van der Waals surface area contributed by atoms with Crippen LogP contribution in [0.25, 0.3) is 0 Å². The fraction of sp³-hybridized carbons (Fsp3) is 0.125. The Morgan fingerprint density at radius 2 is 1.91 bits per heavy atom. The third-order valence-corrected chi connectivity index (χ3v) is 4.06. The first kappa shape index (κ1) is 16.0. The van der Waals surface area contributed by atoms with Crippen LogP contribution in [0.2, 0.25) is 0 Å². The van der Waals surface area contributed by atoms with Crippen LogP contribution in [0.5, 0.6) is 0 Å². The number of carbonyl (C=O) groups excluding carboxylic acids is 1. The number of thioether (sulfide) groups is 1. The van der Waals surface area contributed by atoms with Crippen molar-refractivity contribution in [2.75, 3.05) is 5.32 Å². The molecular formula is C16H14FNO3S. The van der Waals surface area contributed by atoms with Crippen LogP contribution in [0, 0.1) is 5.82 Å². The minimum atomic E-state index is -1.04. The molecule has 0 aliphatic carbocycles. The molecule has 0 bridgehead atoms. The van der Waals surface area contributed by atoms with Gasteiger partial charge < -0.3 is 10.4 Å². The topological polar surface area (TPSA) is 66.4 Å². The maximum atomic E-state index is 13.1. The second-order valence-corrected chi connectivity index (χ2v) is 5.94. The average molecular weight is 319 g/mol. The summed E-state index contributed by atoms with van der Waals surface area (Å²) in [7, 11) is 0. The number of hydrogen-bond acceptors (Lipinski definition) is 3. The first-order chi connectivity index (χ1) is 10.5. The number of rotatable bonds is 5. The fourth-order valence-corrected chi connectivity index (χ4v) is 2.79. The smallest absolute Gasteiger partial charge is 0.336 e. The molecule has 0 aliphatic rings. The molecule has 1 unspecified atom stereocenters. The van der Waals surface area contributed by atoms with Crippen LogP contribution < -0.4 is 5.32 Å². The molecule has 1 amide bonds. The van der Waals surface area contributed by atoms with Gasteiger partial charge in [0.2, 0.25) is 5.91 Å². The van der Waals surface area contributed by atoms with Gasteiger partial charge in [0.15, 0.2) is 0 Å². The van der Waals surface area contributed by atoms with Crippen molar-refractivity contribution in [2.45, 2.75) is 17.1 Å². The summed E-state index contributed by atoms with van der Waals surface area (Å²) >= 11 is 1.14. The molecule has 2 aromatic carbocycles. The zero-order valence-corrected chi connectivity index (χ0v) is 12.6. The van der Waals surface area contributed by atoms with Crippen LogP contribution in [0.15, 0.2) is 53.4 Å². The highest BCUT2D eigenvalue weighted by atomic mass is 32.2. The van der Waals surface area contributed by atoms with Gasteiger partial charge in [-0.1, -0.05) is 18.2 Å². The molecular weight excluding hydrogens is 305 g/mol. The molecule has 0 heterocycles. The van der Waals surface area contributed by atoms with Gasteiger partial charge in [-0.15, -0.1) is 11.8 Å². The summed E-state index contributed by atoms with van der Waals surface area (Å²) in [6.07, 6.45) is 0. The number of nitrogens with one attached hydrogen (secondary N) is 1. The summed E-state index contributed by atoms with van der Waals surface area (Å²) in [4.78, 5) is 23.8. The Kier molecular flexibility index (Phi) is 5.16. The van der Waals surface area contributed by atoms with Gasteiger partial charge >= 0.3 is 5.97 Å². The summed E-state index contributed by atoms with van der Waals surface area (Å²) in [5.74, 6) is -1.80. The summed E-state index contributed by atoms with van der Waals surface area (Å²) < 4.78 is 13.1. The molecule has 0 saturated heterocycles. The van der Waals surface area contributed by atoms with E-state index >= 15 is 0 Å². The van der Waals surface area contributed by atoms with Crippen molar-refractivity contribution >= 4 is 29.3 Å². The molecule has 0 radical (unpaired) electrons. The Bertz CT molecular complexity index is 705. The molecule has 2 aromatic rings. The summed E-state index contributed by atoms with van der Waals surface area (Å²) in [6, 6.07) is 12.1. The fourth-order valence-electron chi connectivity index (χ4n) is 1.80. The number of benzene rings is 2. The second-order valence-electron chi connectivity index (χ2n) is 4.56. The van der Waals surface area contributed by atoms with Crippen molar-refractivity contribution in [3.8, 4) is 0 Å². The largest absolute Gasteiger partial charge is 0.478 e. The van der Waals surface area contributed by atoms with Crippen LogP contribution >= 0.6 is 11.8 Å². The maximum Gasteiger partial charge on any atom is 0.336 e. The van der Waals surface area contributed by atoms with E-state index in [0.717, 1.165) is 11.8 Å². The first-order valence-electron chi connectivity index (χ1n) is 6.53. The molecule has 0 fully saturated rings. The van der Waals surface area contributed by atoms with Gasteiger partial charge in [-0.25, -0.2) is 9.18 Å².